The van der Waals surface area contributed by atoms with Gasteiger partial charge in [0, 0.05) is 5.69 Å². The molecule has 2 rings (SSSR count). The van der Waals surface area contributed by atoms with Crippen LogP contribution in [0, 0.1) is 13.8 Å². The second-order valence-corrected chi connectivity index (χ2v) is 4.63. The molecule has 2 aromatic carbocycles. The van der Waals surface area contributed by atoms with Crippen molar-refractivity contribution in [3.05, 3.63) is 64.7 Å². The standard InChI is InChI=1S/C16H17NO2/c1-11-3-5-13(6-4-11)10-19-16(18)14-7-8-15(17)12(2)9-14/h3-9H,10,17H2,1-2H3. The quantitative estimate of drug-likeness (QED) is 0.676. The van der Waals surface area contributed by atoms with E-state index in [1.807, 2.05) is 38.1 Å². The first-order chi connectivity index (χ1) is 9.06. The lowest BCUT2D eigenvalue weighted by molar-refractivity contribution is 0.0472. The molecule has 3 nitrogen and oxygen atoms in total. The van der Waals surface area contributed by atoms with Gasteiger partial charge in [-0.25, -0.2) is 4.79 Å². The number of nitrogen functional groups attached to an aromatic ring is 1. The van der Waals surface area contributed by atoms with Gasteiger partial charge in [0.1, 0.15) is 6.61 Å². The molecule has 0 saturated heterocycles. The molecule has 0 unspecified atom stereocenters. The summed E-state index contributed by atoms with van der Waals surface area (Å²) in [5, 5.41) is 0. The van der Waals surface area contributed by atoms with Crippen molar-refractivity contribution in [3.63, 3.8) is 0 Å². The predicted molar refractivity (Wildman–Crippen MR) is 75.9 cm³/mol. The van der Waals surface area contributed by atoms with Crippen LogP contribution in [0.4, 0.5) is 5.69 Å². The Bertz CT molecular complexity index is 588. The van der Waals surface area contributed by atoms with Crippen LogP contribution in [0.15, 0.2) is 42.5 Å². The average molecular weight is 255 g/mol. The van der Waals surface area contributed by atoms with Crippen LogP contribution in [0.5, 0.6) is 0 Å². The molecule has 0 atom stereocenters. The Morgan fingerprint density at radius 3 is 2.42 bits per heavy atom. The fraction of sp³-hybridized carbons (Fsp3) is 0.188. The van der Waals surface area contributed by atoms with E-state index in [-0.39, 0.29) is 12.6 Å². The summed E-state index contributed by atoms with van der Waals surface area (Å²) in [5.74, 6) is -0.330. The number of hydrogen-bond acceptors (Lipinski definition) is 3. The van der Waals surface area contributed by atoms with E-state index in [9.17, 15) is 4.79 Å². The predicted octanol–water partition coefficient (Wildman–Crippen LogP) is 3.24. The number of benzene rings is 2. The van der Waals surface area contributed by atoms with Crippen LogP contribution >= 0.6 is 0 Å². The number of carbonyl (C=O) groups excluding carboxylic acids is 1. The Hall–Kier alpha value is -2.29. The van der Waals surface area contributed by atoms with Gasteiger partial charge < -0.3 is 10.5 Å². The highest BCUT2D eigenvalue weighted by Crippen LogP contribution is 2.14. The molecule has 0 heterocycles. The van der Waals surface area contributed by atoms with Gasteiger partial charge in [-0.2, -0.15) is 0 Å². The maximum absolute atomic E-state index is 11.9. The van der Waals surface area contributed by atoms with Crippen molar-refractivity contribution < 1.29 is 9.53 Å². The minimum Gasteiger partial charge on any atom is -0.457 e. The van der Waals surface area contributed by atoms with E-state index in [0.29, 0.717) is 11.3 Å². The van der Waals surface area contributed by atoms with Gasteiger partial charge in [0.25, 0.3) is 0 Å². The van der Waals surface area contributed by atoms with Crippen LogP contribution in [0.25, 0.3) is 0 Å². The summed E-state index contributed by atoms with van der Waals surface area (Å²) in [4.78, 5) is 11.9. The third-order valence-corrected chi connectivity index (χ3v) is 3.00. The molecule has 0 aliphatic rings. The number of aryl methyl sites for hydroxylation is 2. The highest BCUT2D eigenvalue weighted by atomic mass is 16.5. The Balaban J connectivity index is 2.01. The molecule has 98 valence electrons. The van der Waals surface area contributed by atoms with Crippen molar-refractivity contribution in [3.8, 4) is 0 Å². The molecule has 0 saturated carbocycles. The fourth-order valence-electron chi connectivity index (χ4n) is 1.72. The number of anilines is 1. The minimum absolute atomic E-state index is 0.280. The smallest absolute Gasteiger partial charge is 0.338 e. The first-order valence-electron chi connectivity index (χ1n) is 6.15. The normalized spacial score (nSPS) is 10.2. The largest absolute Gasteiger partial charge is 0.457 e. The van der Waals surface area contributed by atoms with Gasteiger partial charge in [0.2, 0.25) is 0 Å². The van der Waals surface area contributed by atoms with Crippen molar-refractivity contribution in [2.24, 2.45) is 0 Å². The van der Waals surface area contributed by atoms with Gasteiger partial charge in [-0.3, -0.25) is 0 Å². The molecule has 0 spiro atoms. The lowest BCUT2D eigenvalue weighted by atomic mass is 10.1. The maximum atomic E-state index is 11.9. The second-order valence-electron chi connectivity index (χ2n) is 4.63. The van der Waals surface area contributed by atoms with Gasteiger partial charge >= 0.3 is 5.97 Å². The third kappa shape index (κ3) is 3.35. The molecule has 2 N–H and O–H groups in total. The van der Waals surface area contributed by atoms with Crippen molar-refractivity contribution in [2.45, 2.75) is 20.5 Å². The summed E-state index contributed by atoms with van der Waals surface area (Å²) < 4.78 is 5.27. The highest BCUT2D eigenvalue weighted by Gasteiger charge is 2.08. The van der Waals surface area contributed by atoms with Gasteiger partial charge in [-0.15, -0.1) is 0 Å². The lowest BCUT2D eigenvalue weighted by Gasteiger charge is -2.07. The van der Waals surface area contributed by atoms with Crippen LogP contribution in [0.2, 0.25) is 0 Å². The van der Waals surface area contributed by atoms with Crippen LogP contribution in [0.1, 0.15) is 27.0 Å². The van der Waals surface area contributed by atoms with Crippen molar-refractivity contribution in [1.82, 2.24) is 0 Å². The van der Waals surface area contributed by atoms with E-state index >= 15 is 0 Å². The average Bonchev–Trinajstić information content (AvgIpc) is 2.41. The zero-order chi connectivity index (χ0) is 13.8. The summed E-state index contributed by atoms with van der Waals surface area (Å²) in [6.07, 6.45) is 0. The van der Waals surface area contributed by atoms with Crippen LogP contribution in [-0.4, -0.2) is 5.97 Å². The molecular formula is C16H17NO2. The first kappa shape index (κ1) is 13.1. The maximum Gasteiger partial charge on any atom is 0.338 e. The second kappa shape index (κ2) is 5.57. The van der Waals surface area contributed by atoms with Crippen molar-refractivity contribution in [1.29, 1.82) is 0 Å². The minimum atomic E-state index is -0.330. The van der Waals surface area contributed by atoms with E-state index in [1.54, 1.807) is 18.2 Å². The molecule has 0 aliphatic heterocycles. The van der Waals surface area contributed by atoms with Gasteiger partial charge in [0.15, 0.2) is 0 Å². The van der Waals surface area contributed by atoms with Crippen LogP contribution in [0.3, 0.4) is 0 Å². The van der Waals surface area contributed by atoms with Gasteiger partial charge in [0.05, 0.1) is 5.56 Å². The molecule has 2 aromatic rings. The summed E-state index contributed by atoms with van der Waals surface area (Å²) in [5.41, 5.74) is 9.96. The Morgan fingerprint density at radius 1 is 1.11 bits per heavy atom. The molecule has 0 bridgehead atoms. The zero-order valence-electron chi connectivity index (χ0n) is 11.1. The number of ether oxygens (including phenoxy) is 1. The molecule has 0 aliphatic carbocycles. The van der Waals surface area contributed by atoms with Gasteiger partial charge in [-0.05, 0) is 43.2 Å². The molecule has 19 heavy (non-hydrogen) atoms. The third-order valence-electron chi connectivity index (χ3n) is 3.00. The van der Waals surface area contributed by atoms with E-state index in [2.05, 4.69) is 0 Å². The SMILES string of the molecule is Cc1ccc(COC(=O)c2ccc(N)c(C)c2)cc1. The Morgan fingerprint density at radius 2 is 1.79 bits per heavy atom. The number of hydrogen-bond donors (Lipinski definition) is 1. The number of nitrogens with two attached hydrogens (primary N) is 1. The van der Waals surface area contributed by atoms with Gasteiger partial charge in [-0.1, -0.05) is 29.8 Å². The van der Waals surface area contributed by atoms with E-state index < -0.39 is 0 Å². The van der Waals surface area contributed by atoms with Crippen LogP contribution < -0.4 is 5.73 Å². The molecule has 0 aromatic heterocycles. The zero-order valence-corrected chi connectivity index (χ0v) is 11.1. The first-order valence-corrected chi connectivity index (χ1v) is 6.15. The lowest BCUT2D eigenvalue weighted by Crippen LogP contribution is -2.06. The molecule has 3 heteroatoms. The Labute approximate surface area is 113 Å². The highest BCUT2D eigenvalue weighted by molar-refractivity contribution is 5.90. The molecule has 0 amide bonds. The molecule has 0 fully saturated rings. The number of esters is 1. The fourth-order valence-corrected chi connectivity index (χ4v) is 1.72. The van der Waals surface area contributed by atoms with E-state index in [1.165, 1.54) is 5.56 Å². The molecular weight excluding hydrogens is 238 g/mol. The van der Waals surface area contributed by atoms with Crippen molar-refractivity contribution >= 4 is 11.7 Å². The number of rotatable bonds is 3. The topological polar surface area (TPSA) is 52.3 Å². The number of carbonyl (C=O) groups is 1. The monoisotopic (exact) mass is 255 g/mol. The van der Waals surface area contributed by atoms with Crippen molar-refractivity contribution in [2.75, 3.05) is 5.73 Å². The molecule has 0 radical (unpaired) electrons. The Kier molecular flexibility index (Phi) is 3.85. The summed E-state index contributed by atoms with van der Waals surface area (Å²) in [6, 6.07) is 13.0. The summed E-state index contributed by atoms with van der Waals surface area (Å²) in [7, 11) is 0. The van der Waals surface area contributed by atoms with E-state index in [4.69, 9.17) is 10.5 Å². The summed E-state index contributed by atoms with van der Waals surface area (Å²) >= 11 is 0. The van der Waals surface area contributed by atoms with E-state index in [0.717, 1.165) is 11.1 Å². The van der Waals surface area contributed by atoms with Crippen LogP contribution in [-0.2, 0) is 11.3 Å². The summed E-state index contributed by atoms with van der Waals surface area (Å²) in [6.45, 7) is 4.17.